The zero-order chi connectivity index (χ0) is 39.6. The van der Waals surface area contributed by atoms with Gasteiger partial charge in [0.05, 0.1) is 12.1 Å². The maximum Gasteiger partial charge on any atom is 0.255 e. The van der Waals surface area contributed by atoms with Crippen LogP contribution in [-0.4, -0.2) is 18.1 Å². The number of phenols is 1. The number of anilines is 1. The lowest BCUT2D eigenvalue weighted by Gasteiger charge is -2.23. The number of halogens is 2. The Morgan fingerprint density at radius 1 is 0.750 bits per heavy atom. The van der Waals surface area contributed by atoms with Crippen molar-refractivity contribution in [1.82, 2.24) is 0 Å². The monoisotopic (exact) mass is 783 g/mol. The molecular formula is C50H51Cl2NO3. The van der Waals surface area contributed by atoms with Gasteiger partial charge in [-0.1, -0.05) is 138 Å². The number of aromatic hydroxyl groups is 1. The van der Waals surface area contributed by atoms with Gasteiger partial charge in [-0.3, -0.25) is 4.79 Å². The molecule has 6 aromatic rings. The van der Waals surface area contributed by atoms with Gasteiger partial charge in [-0.15, -0.1) is 0 Å². The highest BCUT2D eigenvalue weighted by atomic mass is 35.5. The molecule has 4 nitrogen and oxygen atoms in total. The predicted molar refractivity (Wildman–Crippen MR) is 236 cm³/mol. The minimum absolute atomic E-state index is 0.131. The smallest absolute Gasteiger partial charge is 0.255 e. The minimum Gasteiger partial charge on any atom is -0.507 e. The van der Waals surface area contributed by atoms with Gasteiger partial charge in [-0.2, -0.15) is 0 Å². The Morgan fingerprint density at radius 3 is 2.09 bits per heavy atom. The molecule has 6 aromatic carbocycles. The average molecular weight is 785 g/mol. The number of carbonyl (C=O) groups is 1. The number of unbranched alkanes of at least 4 members (excludes halogenated alkanes) is 2. The number of phenolic OH excluding ortho intramolecular Hbond substituents is 1. The third-order valence-corrected chi connectivity index (χ3v) is 12.2. The van der Waals surface area contributed by atoms with Crippen LogP contribution in [0.1, 0.15) is 99.7 Å². The van der Waals surface area contributed by atoms with Crippen molar-refractivity contribution in [3.8, 4) is 44.9 Å². The molecule has 1 aliphatic rings. The highest BCUT2D eigenvalue weighted by Crippen LogP contribution is 2.56. The van der Waals surface area contributed by atoms with E-state index in [2.05, 4.69) is 69.4 Å². The van der Waals surface area contributed by atoms with Gasteiger partial charge in [-0.05, 0) is 123 Å². The van der Waals surface area contributed by atoms with Crippen molar-refractivity contribution in [2.75, 3.05) is 12.4 Å². The molecule has 0 heterocycles. The van der Waals surface area contributed by atoms with Gasteiger partial charge >= 0.3 is 0 Å². The Labute approximate surface area is 341 Å². The van der Waals surface area contributed by atoms with Crippen molar-refractivity contribution in [2.24, 2.45) is 5.92 Å². The van der Waals surface area contributed by atoms with Crippen LogP contribution in [0.25, 0.3) is 44.2 Å². The first kappa shape index (κ1) is 39.5. The molecule has 0 saturated heterocycles. The van der Waals surface area contributed by atoms with E-state index in [1.807, 2.05) is 60.7 Å². The van der Waals surface area contributed by atoms with Crippen molar-refractivity contribution in [3.63, 3.8) is 0 Å². The fourth-order valence-corrected chi connectivity index (χ4v) is 9.18. The van der Waals surface area contributed by atoms with Gasteiger partial charge in [0.15, 0.2) is 0 Å². The number of benzene rings is 6. The van der Waals surface area contributed by atoms with E-state index in [4.69, 9.17) is 27.9 Å². The third kappa shape index (κ3) is 7.92. The molecule has 0 bridgehead atoms. The molecular weight excluding hydrogens is 733 g/mol. The predicted octanol–water partition coefficient (Wildman–Crippen LogP) is 14.7. The fourth-order valence-electron chi connectivity index (χ4n) is 8.59. The van der Waals surface area contributed by atoms with Crippen LogP contribution in [0.4, 0.5) is 5.69 Å². The molecule has 0 fully saturated rings. The fraction of sp³-hybridized carbons (Fsp3) is 0.300. The van der Waals surface area contributed by atoms with Crippen LogP contribution in [0, 0.1) is 5.92 Å². The molecule has 0 saturated carbocycles. The number of ether oxygens (including phenoxy) is 1. The van der Waals surface area contributed by atoms with E-state index >= 15 is 0 Å². The van der Waals surface area contributed by atoms with E-state index in [-0.39, 0.29) is 11.7 Å². The number of methoxy groups -OCH3 is 1. The van der Waals surface area contributed by atoms with Gasteiger partial charge in [0, 0.05) is 32.6 Å². The first-order valence-electron chi connectivity index (χ1n) is 20.0. The molecule has 2 N–H and O–H groups in total. The highest BCUT2D eigenvalue weighted by molar-refractivity contribution is 6.39. The molecule has 1 amide bonds. The lowest BCUT2D eigenvalue weighted by Crippen LogP contribution is -2.15. The van der Waals surface area contributed by atoms with Crippen molar-refractivity contribution in [1.29, 1.82) is 0 Å². The summed E-state index contributed by atoms with van der Waals surface area (Å²) in [6.07, 6.45) is 10.3. The van der Waals surface area contributed by atoms with Crippen LogP contribution in [0.5, 0.6) is 11.5 Å². The van der Waals surface area contributed by atoms with Crippen molar-refractivity contribution < 1.29 is 14.6 Å². The first-order valence-corrected chi connectivity index (χ1v) is 20.8. The minimum atomic E-state index is -0.404. The molecule has 288 valence electrons. The Kier molecular flexibility index (Phi) is 11.8. The summed E-state index contributed by atoms with van der Waals surface area (Å²) >= 11 is 13.1. The normalized spacial score (nSPS) is 13.3. The summed E-state index contributed by atoms with van der Waals surface area (Å²) in [6, 6.07) is 34.1. The van der Waals surface area contributed by atoms with Crippen LogP contribution in [-0.2, 0) is 11.8 Å². The first-order chi connectivity index (χ1) is 27.0. The van der Waals surface area contributed by atoms with Gasteiger partial charge in [0.1, 0.15) is 11.5 Å². The number of amides is 1. The number of nitrogens with one attached hydrogen (secondary N) is 1. The molecule has 0 spiro atoms. The summed E-state index contributed by atoms with van der Waals surface area (Å²) in [5, 5.41) is 16.4. The second kappa shape index (κ2) is 16.8. The summed E-state index contributed by atoms with van der Waals surface area (Å²) in [7, 11) is 1.68. The average Bonchev–Trinajstić information content (AvgIpc) is 3.41. The van der Waals surface area contributed by atoms with E-state index in [0.29, 0.717) is 26.7 Å². The summed E-state index contributed by atoms with van der Waals surface area (Å²) < 4.78 is 5.95. The van der Waals surface area contributed by atoms with Gasteiger partial charge in [0.25, 0.3) is 5.91 Å². The highest BCUT2D eigenvalue weighted by Gasteiger charge is 2.39. The second-order valence-corrected chi connectivity index (χ2v) is 16.7. The maximum absolute atomic E-state index is 13.3. The van der Waals surface area contributed by atoms with Crippen LogP contribution in [0.3, 0.4) is 0 Å². The van der Waals surface area contributed by atoms with Crippen molar-refractivity contribution in [3.05, 3.63) is 135 Å². The van der Waals surface area contributed by atoms with Crippen molar-refractivity contribution >= 4 is 45.6 Å². The Morgan fingerprint density at radius 2 is 1.43 bits per heavy atom. The lowest BCUT2D eigenvalue weighted by atomic mass is 9.81. The van der Waals surface area contributed by atoms with E-state index in [0.717, 1.165) is 68.0 Å². The molecule has 6 heteroatoms. The van der Waals surface area contributed by atoms with Crippen LogP contribution in [0.2, 0.25) is 10.0 Å². The van der Waals surface area contributed by atoms with E-state index in [1.165, 1.54) is 50.5 Å². The quantitative estimate of drug-likeness (QED) is 0.108. The van der Waals surface area contributed by atoms with E-state index in [9.17, 15) is 9.90 Å². The number of fused-ring (bicyclic) bond motifs is 5. The number of hydrogen-bond donors (Lipinski definition) is 2. The summed E-state index contributed by atoms with van der Waals surface area (Å²) in [4.78, 5) is 13.3. The molecule has 0 aromatic heterocycles. The molecule has 0 radical (unpaired) electrons. The lowest BCUT2D eigenvalue weighted by molar-refractivity contribution is 0.102. The summed E-state index contributed by atoms with van der Waals surface area (Å²) in [5.41, 5.74) is 10.5. The molecule has 0 aliphatic heterocycles. The number of aryl methyl sites for hydroxylation is 1. The maximum atomic E-state index is 13.3. The molecule has 56 heavy (non-hydrogen) atoms. The van der Waals surface area contributed by atoms with E-state index < -0.39 is 5.41 Å². The van der Waals surface area contributed by atoms with Gasteiger partial charge in [-0.25, -0.2) is 0 Å². The Bertz CT molecular complexity index is 2360. The molecule has 1 unspecified atom stereocenters. The number of carbonyl (C=O) groups excluding carboxylic acids is 1. The summed E-state index contributed by atoms with van der Waals surface area (Å²) in [5.74, 6) is 1.52. The van der Waals surface area contributed by atoms with Crippen LogP contribution >= 0.6 is 23.2 Å². The third-order valence-electron chi connectivity index (χ3n) is 11.7. The standard InChI is InChI=1S/C50H51Cl2NO3/c1-6-8-9-11-31(10-7-2)12-13-32-14-16-33(17-15-32)34-18-20-36(21-19-34)49(55)53-38-24-22-35(23-25-38)39-28-40-42(30-46(39)56-5)50(3,4)43-29-45(54)48-41(47(40)43)26-37(51)27-44(48)52/h14-31,54H,6-13H2,1-5H3,(H,53,55). The Hall–Kier alpha value is -4.77. The molecule has 1 atom stereocenters. The Balaban J connectivity index is 1.05. The molecule has 1 aliphatic carbocycles. The zero-order valence-corrected chi connectivity index (χ0v) is 34.6. The second-order valence-electron chi connectivity index (χ2n) is 15.8. The largest absolute Gasteiger partial charge is 0.507 e. The van der Waals surface area contributed by atoms with E-state index in [1.54, 1.807) is 13.2 Å². The molecule has 7 rings (SSSR count). The van der Waals surface area contributed by atoms with Crippen LogP contribution in [0.15, 0.2) is 103 Å². The summed E-state index contributed by atoms with van der Waals surface area (Å²) in [6.45, 7) is 8.87. The van der Waals surface area contributed by atoms with Crippen LogP contribution < -0.4 is 10.1 Å². The van der Waals surface area contributed by atoms with Gasteiger partial charge in [0.2, 0.25) is 0 Å². The zero-order valence-electron chi connectivity index (χ0n) is 33.1. The number of hydrogen-bond acceptors (Lipinski definition) is 3. The van der Waals surface area contributed by atoms with Gasteiger partial charge < -0.3 is 15.2 Å². The van der Waals surface area contributed by atoms with Crippen molar-refractivity contribution in [2.45, 2.75) is 84.5 Å². The number of rotatable bonds is 14. The topological polar surface area (TPSA) is 58.6 Å². The SMILES string of the molecule is CCCCCC(CCC)CCc1ccc(-c2ccc(C(=O)Nc3ccc(-c4cc5c(cc4OC)C(C)(C)c4cc(O)c6c(Cl)cc(Cl)cc6c4-5)cc3)cc2)cc1.